The average molecular weight is 369 g/mol. The molecule has 26 heavy (non-hydrogen) atoms. The van der Waals surface area contributed by atoms with Crippen LogP contribution in [-0.4, -0.2) is 31.2 Å². The predicted octanol–water partition coefficient (Wildman–Crippen LogP) is 2.89. The zero-order valence-corrected chi connectivity index (χ0v) is 15.4. The van der Waals surface area contributed by atoms with E-state index in [1.807, 2.05) is 49.0 Å². The van der Waals surface area contributed by atoms with E-state index in [4.69, 9.17) is 0 Å². The third kappa shape index (κ3) is 2.74. The summed E-state index contributed by atoms with van der Waals surface area (Å²) in [6.07, 6.45) is 1.98. The fraction of sp³-hybridized carbons (Fsp3) is 0.211. The summed E-state index contributed by atoms with van der Waals surface area (Å²) < 4.78 is 26.9. The van der Waals surface area contributed by atoms with Gasteiger partial charge in [0.25, 0.3) is 5.91 Å². The van der Waals surface area contributed by atoms with Crippen LogP contribution in [-0.2, 0) is 17.1 Å². The van der Waals surface area contributed by atoms with Gasteiger partial charge in [0.1, 0.15) is 0 Å². The van der Waals surface area contributed by atoms with Gasteiger partial charge in [0, 0.05) is 36.6 Å². The lowest BCUT2D eigenvalue weighted by Crippen LogP contribution is -2.47. The van der Waals surface area contributed by atoms with E-state index in [1.165, 1.54) is 4.31 Å². The van der Waals surface area contributed by atoms with Crippen molar-refractivity contribution in [2.24, 2.45) is 7.05 Å². The predicted molar refractivity (Wildman–Crippen MR) is 103 cm³/mol. The van der Waals surface area contributed by atoms with Crippen LogP contribution in [0.4, 0.5) is 11.4 Å². The first-order valence-corrected chi connectivity index (χ1v) is 9.93. The summed E-state index contributed by atoms with van der Waals surface area (Å²) in [7, 11) is -1.20. The zero-order valence-electron chi connectivity index (χ0n) is 14.6. The molecule has 0 spiro atoms. The van der Waals surface area contributed by atoms with Crippen LogP contribution >= 0.6 is 0 Å². The minimum absolute atomic E-state index is 0.177. The van der Waals surface area contributed by atoms with Crippen LogP contribution < -0.4 is 9.62 Å². The second-order valence-electron chi connectivity index (χ2n) is 6.54. The Bertz CT molecular complexity index is 1130. The molecule has 0 unspecified atom stereocenters. The van der Waals surface area contributed by atoms with Gasteiger partial charge in [0.05, 0.1) is 11.4 Å². The number of hydrogen-bond donors (Lipinski definition) is 1. The third-order valence-electron chi connectivity index (χ3n) is 4.78. The summed E-state index contributed by atoms with van der Waals surface area (Å²) in [4.78, 5) is 12.6. The molecule has 1 aromatic heterocycles. The smallest absolute Gasteiger partial charge is 0.255 e. The van der Waals surface area contributed by atoms with Gasteiger partial charge in [-0.05, 0) is 54.3 Å². The van der Waals surface area contributed by atoms with Crippen LogP contribution in [0.5, 0.6) is 0 Å². The lowest BCUT2D eigenvalue weighted by molar-refractivity contribution is 0.102. The molecule has 1 saturated heterocycles. The van der Waals surface area contributed by atoms with E-state index in [9.17, 15) is 13.2 Å². The number of rotatable bonds is 3. The van der Waals surface area contributed by atoms with Crippen molar-refractivity contribution < 1.29 is 13.2 Å². The fourth-order valence-electron chi connectivity index (χ4n) is 3.22. The van der Waals surface area contributed by atoms with Crippen molar-refractivity contribution in [1.82, 2.24) is 4.57 Å². The highest BCUT2D eigenvalue weighted by molar-refractivity contribution is 7.94. The Morgan fingerprint density at radius 2 is 1.92 bits per heavy atom. The molecular formula is C19H19N3O3S. The molecule has 1 aliphatic heterocycles. The maximum absolute atomic E-state index is 12.6. The van der Waals surface area contributed by atoms with Gasteiger partial charge < -0.3 is 9.88 Å². The largest absolute Gasteiger partial charge is 0.350 e. The molecule has 4 rings (SSSR count). The first kappa shape index (κ1) is 16.7. The van der Waals surface area contributed by atoms with Gasteiger partial charge in [-0.1, -0.05) is 6.07 Å². The van der Waals surface area contributed by atoms with Crippen LogP contribution in [0.2, 0.25) is 0 Å². The van der Waals surface area contributed by atoms with Crippen LogP contribution in [0, 0.1) is 6.92 Å². The SMILES string of the molecule is Cc1cc(N2CCS2(=O)=O)ccc1C(=O)Nc1ccc2ccn(C)c2c1. The molecule has 7 heteroatoms. The van der Waals surface area contributed by atoms with Gasteiger partial charge in [-0.15, -0.1) is 0 Å². The van der Waals surface area contributed by atoms with E-state index in [2.05, 4.69) is 5.32 Å². The molecule has 1 fully saturated rings. The number of hydrogen-bond acceptors (Lipinski definition) is 3. The molecule has 2 heterocycles. The highest BCUT2D eigenvalue weighted by Crippen LogP contribution is 2.27. The summed E-state index contributed by atoms with van der Waals surface area (Å²) in [5.41, 5.74) is 3.63. The lowest BCUT2D eigenvalue weighted by atomic mass is 10.1. The molecule has 0 radical (unpaired) electrons. The van der Waals surface area contributed by atoms with Crippen LogP contribution in [0.15, 0.2) is 48.7 Å². The number of carbonyl (C=O) groups excluding carboxylic acids is 1. The van der Waals surface area contributed by atoms with Gasteiger partial charge in [-0.2, -0.15) is 0 Å². The maximum atomic E-state index is 12.6. The van der Waals surface area contributed by atoms with Gasteiger partial charge in [0.15, 0.2) is 0 Å². The van der Waals surface area contributed by atoms with Crippen LogP contribution in [0.1, 0.15) is 15.9 Å². The Kier molecular flexibility index (Phi) is 3.77. The van der Waals surface area contributed by atoms with Crippen molar-refractivity contribution in [1.29, 1.82) is 0 Å². The number of carbonyl (C=O) groups is 1. The van der Waals surface area contributed by atoms with Crippen LogP contribution in [0.3, 0.4) is 0 Å². The minimum Gasteiger partial charge on any atom is -0.350 e. The number of anilines is 2. The Labute approximate surface area is 152 Å². The number of aryl methyl sites for hydroxylation is 2. The molecule has 0 saturated carbocycles. The third-order valence-corrected chi connectivity index (χ3v) is 6.54. The molecule has 1 aliphatic rings. The highest BCUT2D eigenvalue weighted by Gasteiger charge is 2.32. The van der Waals surface area contributed by atoms with Crippen molar-refractivity contribution in [2.45, 2.75) is 6.92 Å². The minimum atomic E-state index is -3.16. The quantitative estimate of drug-likeness (QED) is 0.772. The second-order valence-corrected chi connectivity index (χ2v) is 8.55. The number of nitrogens with zero attached hydrogens (tertiary/aromatic N) is 2. The van der Waals surface area contributed by atoms with Crippen molar-refractivity contribution in [2.75, 3.05) is 21.9 Å². The standard InChI is InChI=1S/C19H19N3O3S/c1-13-11-16(22-9-10-26(22,24)25)5-6-17(13)19(23)20-15-4-3-14-7-8-21(2)18(14)12-15/h3-8,11-12H,9-10H2,1-2H3,(H,20,23). The molecule has 0 bridgehead atoms. The van der Waals surface area contributed by atoms with E-state index in [1.54, 1.807) is 18.2 Å². The highest BCUT2D eigenvalue weighted by atomic mass is 32.2. The van der Waals surface area contributed by atoms with E-state index < -0.39 is 10.0 Å². The summed E-state index contributed by atoms with van der Waals surface area (Å²) in [6, 6.07) is 12.9. The zero-order chi connectivity index (χ0) is 18.5. The average Bonchev–Trinajstić information content (AvgIpc) is 2.95. The lowest BCUT2D eigenvalue weighted by Gasteiger charge is -2.32. The van der Waals surface area contributed by atoms with E-state index in [0.29, 0.717) is 17.8 Å². The summed E-state index contributed by atoms with van der Waals surface area (Å²) in [5.74, 6) is -0.0373. The fourth-order valence-corrected chi connectivity index (χ4v) is 4.32. The molecule has 1 N–H and O–H groups in total. The van der Waals surface area contributed by atoms with E-state index in [-0.39, 0.29) is 11.7 Å². The topological polar surface area (TPSA) is 71.4 Å². The Hall–Kier alpha value is -2.80. The Morgan fingerprint density at radius 1 is 1.12 bits per heavy atom. The van der Waals surface area contributed by atoms with Crippen LogP contribution in [0.25, 0.3) is 10.9 Å². The van der Waals surface area contributed by atoms with Crippen molar-refractivity contribution in [3.63, 3.8) is 0 Å². The molecule has 6 nitrogen and oxygen atoms in total. The molecule has 0 aliphatic carbocycles. The Morgan fingerprint density at radius 3 is 2.58 bits per heavy atom. The number of sulfonamides is 1. The first-order chi connectivity index (χ1) is 12.3. The van der Waals surface area contributed by atoms with E-state index in [0.717, 1.165) is 22.2 Å². The molecule has 2 aromatic carbocycles. The number of amides is 1. The summed E-state index contributed by atoms with van der Waals surface area (Å²) in [5, 5.41) is 4.03. The van der Waals surface area contributed by atoms with Gasteiger partial charge >= 0.3 is 0 Å². The van der Waals surface area contributed by atoms with Gasteiger partial charge in [0.2, 0.25) is 10.0 Å². The molecule has 0 atom stereocenters. The maximum Gasteiger partial charge on any atom is 0.255 e. The number of nitrogens with one attached hydrogen (secondary N) is 1. The second kappa shape index (κ2) is 5.88. The van der Waals surface area contributed by atoms with Crippen molar-refractivity contribution in [3.05, 3.63) is 59.8 Å². The van der Waals surface area contributed by atoms with Gasteiger partial charge in [-0.25, -0.2) is 8.42 Å². The first-order valence-electron chi connectivity index (χ1n) is 8.33. The van der Waals surface area contributed by atoms with Crippen molar-refractivity contribution >= 4 is 38.2 Å². The Balaban J connectivity index is 1.58. The molecular weight excluding hydrogens is 350 g/mol. The number of fused-ring (bicyclic) bond motifs is 1. The normalized spacial score (nSPS) is 15.7. The van der Waals surface area contributed by atoms with Crippen molar-refractivity contribution in [3.8, 4) is 0 Å². The summed E-state index contributed by atoms with van der Waals surface area (Å²) in [6.45, 7) is 2.30. The van der Waals surface area contributed by atoms with Gasteiger partial charge in [-0.3, -0.25) is 9.10 Å². The molecule has 3 aromatic rings. The van der Waals surface area contributed by atoms with E-state index >= 15 is 0 Å². The molecule has 134 valence electrons. The monoisotopic (exact) mass is 369 g/mol. The number of benzene rings is 2. The number of aromatic nitrogens is 1. The molecule has 1 amide bonds. The summed E-state index contributed by atoms with van der Waals surface area (Å²) >= 11 is 0.